The molecule has 0 aliphatic carbocycles. The second-order valence-electron chi connectivity index (χ2n) is 5.87. The van der Waals surface area contributed by atoms with Crippen LogP contribution in [0.1, 0.15) is 24.8 Å². The number of aromatic nitrogens is 2. The van der Waals surface area contributed by atoms with Gasteiger partial charge in [-0.15, -0.1) is 0 Å². The van der Waals surface area contributed by atoms with Crippen molar-refractivity contribution in [3.8, 4) is 0 Å². The molecule has 19 heavy (non-hydrogen) atoms. The van der Waals surface area contributed by atoms with E-state index in [0.717, 1.165) is 51.9 Å². The van der Waals surface area contributed by atoms with Crippen molar-refractivity contribution in [1.82, 2.24) is 20.0 Å². The lowest BCUT2D eigenvalue weighted by Crippen LogP contribution is -2.52. The number of nitrogens with zero attached hydrogens (tertiary/aromatic N) is 3. The van der Waals surface area contributed by atoms with Gasteiger partial charge in [0, 0.05) is 26.3 Å². The molecule has 1 fully saturated rings. The molecule has 2 rings (SSSR count). The molecule has 5 heteroatoms. The van der Waals surface area contributed by atoms with Gasteiger partial charge in [-0.2, -0.15) is 5.10 Å². The van der Waals surface area contributed by atoms with Crippen molar-refractivity contribution < 1.29 is 5.11 Å². The van der Waals surface area contributed by atoms with Crippen molar-refractivity contribution in [2.45, 2.75) is 31.3 Å². The largest absolute Gasteiger partial charge is 0.387 e. The Bertz CT molecular complexity index is 385. The molecular weight excluding hydrogens is 240 g/mol. The van der Waals surface area contributed by atoms with Crippen LogP contribution in [-0.4, -0.2) is 58.6 Å². The Morgan fingerprint density at radius 1 is 1.58 bits per heavy atom. The molecule has 0 saturated carbocycles. The van der Waals surface area contributed by atoms with E-state index in [1.54, 1.807) is 0 Å². The van der Waals surface area contributed by atoms with Gasteiger partial charge in [0.25, 0.3) is 0 Å². The van der Waals surface area contributed by atoms with Gasteiger partial charge in [0.2, 0.25) is 0 Å². The maximum atomic E-state index is 10.4. The van der Waals surface area contributed by atoms with Crippen LogP contribution in [-0.2, 0) is 13.5 Å². The Morgan fingerprint density at radius 2 is 2.42 bits per heavy atom. The summed E-state index contributed by atoms with van der Waals surface area (Å²) in [5, 5.41) is 17.9. The van der Waals surface area contributed by atoms with E-state index in [1.165, 1.54) is 5.56 Å². The molecule has 1 aromatic heterocycles. The van der Waals surface area contributed by atoms with Crippen molar-refractivity contribution in [2.24, 2.45) is 7.05 Å². The summed E-state index contributed by atoms with van der Waals surface area (Å²) in [4.78, 5) is 2.24. The summed E-state index contributed by atoms with van der Waals surface area (Å²) in [7, 11) is 4.04. The van der Waals surface area contributed by atoms with Crippen LogP contribution in [0.5, 0.6) is 0 Å². The van der Waals surface area contributed by atoms with Gasteiger partial charge >= 0.3 is 0 Å². The Hall–Kier alpha value is -0.910. The Labute approximate surface area is 115 Å². The van der Waals surface area contributed by atoms with E-state index in [1.807, 2.05) is 17.9 Å². The van der Waals surface area contributed by atoms with Gasteiger partial charge in [-0.3, -0.25) is 4.68 Å². The fourth-order valence-corrected chi connectivity index (χ4v) is 2.82. The fourth-order valence-electron chi connectivity index (χ4n) is 2.82. The molecule has 108 valence electrons. The minimum absolute atomic E-state index is 0.540. The number of piperidine rings is 1. The van der Waals surface area contributed by atoms with Gasteiger partial charge in [-0.25, -0.2) is 0 Å². The molecule has 0 bridgehead atoms. The molecule has 1 aliphatic heterocycles. The van der Waals surface area contributed by atoms with Crippen LogP contribution in [0.2, 0.25) is 0 Å². The number of likely N-dealkylation sites (N-methyl/N-ethyl adjacent to an activating group) is 1. The number of β-amino-alcohol motifs (C(OH)–C–C–N with tert-alkyl or cyclic N) is 1. The van der Waals surface area contributed by atoms with E-state index >= 15 is 0 Å². The van der Waals surface area contributed by atoms with E-state index in [0.29, 0.717) is 0 Å². The third-order valence-corrected chi connectivity index (χ3v) is 3.78. The predicted molar refractivity (Wildman–Crippen MR) is 76.1 cm³/mol. The molecular formula is C14H26N4O. The zero-order chi connectivity index (χ0) is 13.7. The first-order valence-electron chi connectivity index (χ1n) is 7.17. The summed E-state index contributed by atoms with van der Waals surface area (Å²) >= 11 is 0. The van der Waals surface area contributed by atoms with Crippen LogP contribution >= 0.6 is 0 Å². The summed E-state index contributed by atoms with van der Waals surface area (Å²) in [5.41, 5.74) is 0.746. The lowest BCUT2D eigenvalue weighted by Gasteiger charge is -2.36. The second kappa shape index (κ2) is 6.50. The highest BCUT2D eigenvalue weighted by molar-refractivity contribution is 5.03. The molecule has 5 nitrogen and oxygen atoms in total. The maximum absolute atomic E-state index is 10.4. The molecule has 0 spiro atoms. The topological polar surface area (TPSA) is 53.3 Å². The number of aliphatic hydroxyl groups is 1. The van der Waals surface area contributed by atoms with Crippen LogP contribution in [0, 0.1) is 0 Å². The standard InChI is InChI=1S/C14H26N4O/c1-17(12-14(19)6-4-7-15-11-14)8-3-5-13-9-16-18(2)10-13/h9-10,15,19H,3-8,11-12H2,1-2H3/t14-/m1/s1. The van der Waals surface area contributed by atoms with E-state index in [2.05, 4.69) is 28.6 Å². The van der Waals surface area contributed by atoms with Gasteiger partial charge in [-0.05, 0) is 51.4 Å². The maximum Gasteiger partial charge on any atom is 0.0897 e. The van der Waals surface area contributed by atoms with E-state index in [-0.39, 0.29) is 0 Å². The first-order valence-corrected chi connectivity index (χ1v) is 7.17. The van der Waals surface area contributed by atoms with Gasteiger partial charge in [-0.1, -0.05) is 0 Å². The highest BCUT2D eigenvalue weighted by Crippen LogP contribution is 2.17. The fraction of sp³-hybridized carbons (Fsp3) is 0.786. The summed E-state index contributed by atoms with van der Waals surface area (Å²) in [6, 6.07) is 0. The van der Waals surface area contributed by atoms with Crippen molar-refractivity contribution in [3.05, 3.63) is 18.0 Å². The number of rotatable bonds is 6. The normalized spacial score (nSPS) is 24.0. The highest BCUT2D eigenvalue weighted by Gasteiger charge is 2.30. The molecule has 0 unspecified atom stereocenters. The first-order chi connectivity index (χ1) is 9.07. The van der Waals surface area contributed by atoms with Crippen molar-refractivity contribution in [1.29, 1.82) is 0 Å². The molecule has 0 amide bonds. The molecule has 1 saturated heterocycles. The molecule has 0 radical (unpaired) electrons. The van der Waals surface area contributed by atoms with E-state index < -0.39 is 5.60 Å². The average molecular weight is 266 g/mol. The molecule has 2 heterocycles. The van der Waals surface area contributed by atoms with Crippen LogP contribution in [0.25, 0.3) is 0 Å². The summed E-state index contributed by atoms with van der Waals surface area (Å²) in [6.45, 7) is 3.53. The third kappa shape index (κ3) is 4.60. The minimum atomic E-state index is -0.540. The zero-order valence-electron chi connectivity index (χ0n) is 12.1. The van der Waals surface area contributed by atoms with E-state index in [4.69, 9.17) is 0 Å². The average Bonchev–Trinajstić information content (AvgIpc) is 2.75. The minimum Gasteiger partial charge on any atom is -0.387 e. The second-order valence-corrected chi connectivity index (χ2v) is 5.87. The number of nitrogens with one attached hydrogen (secondary N) is 1. The summed E-state index contributed by atoms with van der Waals surface area (Å²) in [6.07, 6.45) is 8.13. The van der Waals surface area contributed by atoms with E-state index in [9.17, 15) is 5.11 Å². The lowest BCUT2D eigenvalue weighted by atomic mass is 9.93. The molecule has 1 atom stereocenters. The van der Waals surface area contributed by atoms with Crippen molar-refractivity contribution >= 4 is 0 Å². The number of hydrogen-bond acceptors (Lipinski definition) is 4. The van der Waals surface area contributed by atoms with Gasteiger partial charge in [0.15, 0.2) is 0 Å². The molecule has 0 aromatic carbocycles. The van der Waals surface area contributed by atoms with Crippen molar-refractivity contribution in [3.63, 3.8) is 0 Å². The Kier molecular flexibility index (Phi) is 4.96. The highest BCUT2D eigenvalue weighted by atomic mass is 16.3. The van der Waals surface area contributed by atoms with Gasteiger partial charge in [0.05, 0.1) is 11.8 Å². The summed E-state index contributed by atoms with van der Waals surface area (Å²) in [5.74, 6) is 0. The summed E-state index contributed by atoms with van der Waals surface area (Å²) < 4.78 is 1.84. The smallest absolute Gasteiger partial charge is 0.0897 e. The molecule has 1 aromatic rings. The first kappa shape index (κ1) is 14.5. The van der Waals surface area contributed by atoms with Gasteiger partial charge in [0.1, 0.15) is 0 Å². The number of hydrogen-bond donors (Lipinski definition) is 2. The monoisotopic (exact) mass is 266 g/mol. The SMILES string of the molecule is CN(CCCc1cnn(C)c1)C[C@@]1(O)CCCNC1. The Balaban J connectivity index is 1.68. The van der Waals surface area contributed by atoms with Crippen LogP contribution in [0.3, 0.4) is 0 Å². The Morgan fingerprint density at radius 3 is 3.05 bits per heavy atom. The molecule has 2 N–H and O–H groups in total. The quantitative estimate of drug-likeness (QED) is 0.782. The van der Waals surface area contributed by atoms with Crippen LogP contribution in [0.15, 0.2) is 12.4 Å². The lowest BCUT2D eigenvalue weighted by molar-refractivity contribution is -0.00972. The zero-order valence-corrected chi connectivity index (χ0v) is 12.1. The van der Waals surface area contributed by atoms with Crippen LogP contribution in [0.4, 0.5) is 0 Å². The van der Waals surface area contributed by atoms with Crippen molar-refractivity contribution in [2.75, 3.05) is 33.2 Å². The molecule has 1 aliphatic rings. The third-order valence-electron chi connectivity index (χ3n) is 3.78. The van der Waals surface area contributed by atoms with Crippen LogP contribution < -0.4 is 5.32 Å². The predicted octanol–water partition coefficient (Wildman–Crippen LogP) is 0.399. The number of aryl methyl sites for hydroxylation is 2. The van der Waals surface area contributed by atoms with Gasteiger partial charge < -0.3 is 15.3 Å².